The Bertz CT molecular complexity index is 811. The van der Waals surface area contributed by atoms with E-state index in [0.717, 1.165) is 22.7 Å². The second-order valence-corrected chi connectivity index (χ2v) is 7.81. The van der Waals surface area contributed by atoms with Gasteiger partial charge in [0, 0.05) is 0 Å². The lowest BCUT2D eigenvalue weighted by atomic mass is 10.3. The van der Waals surface area contributed by atoms with Crippen LogP contribution in [-0.4, -0.2) is 19.5 Å². The molecule has 6 nitrogen and oxygen atoms in total. The molecule has 2 aromatic rings. The van der Waals surface area contributed by atoms with Gasteiger partial charge in [0.2, 0.25) is 0 Å². The molecule has 0 saturated heterocycles. The van der Waals surface area contributed by atoms with Crippen LogP contribution in [0.25, 0.3) is 0 Å². The smallest absolute Gasteiger partial charge is 0.346 e. The van der Waals surface area contributed by atoms with E-state index in [1.807, 2.05) is 6.07 Å². The van der Waals surface area contributed by atoms with E-state index in [9.17, 15) is 13.2 Å². The number of aromatic carboxylic acids is 1. The number of nitrogens with one attached hydrogen (secondary N) is 1. The van der Waals surface area contributed by atoms with Crippen LogP contribution in [0.4, 0.5) is 5.00 Å². The monoisotopic (exact) mass is 328 g/mol. The van der Waals surface area contributed by atoms with E-state index in [1.54, 1.807) is 6.92 Å². The maximum Gasteiger partial charge on any atom is 0.346 e. The van der Waals surface area contributed by atoms with Crippen molar-refractivity contribution in [2.24, 2.45) is 0 Å². The molecular weight excluding hydrogens is 320 g/mol. The van der Waals surface area contributed by atoms with Gasteiger partial charge in [0.25, 0.3) is 10.0 Å². The van der Waals surface area contributed by atoms with Crippen molar-refractivity contribution < 1.29 is 18.3 Å². The molecule has 0 radical (unpaired) electrons. The van der Waals surface area contributed by atoms with Crippen LogP contribution >= 0.6 is 22.7 Å². The number of hydrogen-bond acceptors (Lipinski definition) is 6. The highest BCUT2D eigenvalue weighted by Gasteiger charge is 2.20. The third-order valence-electron chi connectivity index (χ3n) is 2.30. The van der Waals surface area contributed by atoms with Crippen molar-refractivity contribution in [2.45, 2.75) is 11.1 Å². The number of carboxylic acids is 1. The Balaban J connectivity index is 2.31. The minimum atomic E-state index is -3.80. The van der Waals surface area contributed by atoms with Crippen molar-refractivity contribution >= 4 is 43.7 Å². The first-order valence-corrected chi connectivity index (χ1v) is 8.31. The Morgan fingerprint density at radius 1 is 1.40 bits per heavy atom. The molecule has 0 amide bonds. The number of hydrogen-bond donors (Lipinski definition) is 2. The van der Waals surface area contributed by atoms with Crippen LogP contribution in [0, 0.1) is 18.3 Å². The fourth-order valence-corrected chi connectivity index (χ4v) is 4.75. The fourth-order valence-electron chi connectivity index (χ4n) is 1.45. The standard InChI is InChI=1S/C11H8N2O4S3/c1-6-4-8(19-10(6)11(14)15)13-20(16,17)9-3-2-7(5-12)18-9/h2-4,13H,1H3,(H,14,15). The zero-order chi connectivity index (χ0) is 14.9. The molecule has 0 atom stereocenters. The van der Waals surface area contributed by atoms with Gasteiger partial charge in [0.1, 0.15) is 25.0 Å². The molecule has 0 aliphatic heterocycles. The van der Waals surface area contributed by atoms with Crippen molar-refractivity contribution in [1.82, 2.24) is 0 Å². The highest BCUT2D eigenvalue weighted by Crippen LogP contribution is 2.30. The number of carbonyl (C=O) groups is 1. The van der Waals surface area contributed by atoms with E-state index in [2.05, 4.69) is 4.72 Å². The predicted molar refractivity (Wildman–Crippen MR) is 75.9 cm³/mol. The van der Waals surface area contributed by atoms with Gasteiger partial charge in [-0.2, -0.15) is 5.26 Å². The summed E-state index contributed by atoms with van der Waals surface area (Å²) in [6.45, 7) is 1.59. The van der Waals surface area contributed by atoms with E-state index in [1.165, 1.54) is 18.2 Å². The van der Waals surface area contributed by atoms with Crippen LogP contribution in [0.2, 0.25) is 0 Å². The van der Waals surface area contributed by atoms with Gasteiger partial charge >= 0.3 is 5.97 Å². The van der Waals surface area contributed by atoms with Crippen LogP contribution < -0.4 is 4.72 Å². The van der Waals surface area contributed by atoms with Gasteiger partial charge in [-0.1, -0.05) is 0 Å². The number of rotatable bonds is 4. The summed E-state index contributed by atoms with van der Waals surface area (Å²) in [6.07, 6.45) is 0. The van der Waals surface area contributed by atoms with Gasteiger partial charge in [-0.25, -0.2) is 13.2 Å². The summed E-state index contributed by atoms with van der Waals surface area (Å²) in [4.78, 5) is 11.3. The number of carboxylic acid groups (broad SMARTS) is 1. The minimum absolute atomic E-state index is 0.0111. The van der Waals surface area contributed by atoms with E-state index in [-0.39, 0.29) is 14.1 Å². The van der Waals surface area contributed by atoms with Crippen LogP contribution in [-0.2, 0) is 10.0 Å². The SMILES string of the molecule is Cc1cc(NS(=O)(=O)c2ccc(C#N)s2)sc1C(=O)O. The molecule has 2 aromatic heterocycles. The fraction of sp³-hybridized carbons (Fsp3) is 0.0909. The number of nitriles is 1. The molecule has 2 heterocycles. The highest BCUT2D eigenvalue weighted by molar-refractivity contribution is 7.94. The van der Waals surface area contributed by atoms with Crippen molar-refractivity contribution in [2.75, 3.05) is 4.72 Å². The van der Waals surface area contributed by atoms with Gasteiger partial charge in [0.05, 0.1) is 0 Å². The number of anilines is 1. The van der Waals surface area contributed by atoms with Crippen molar-refractivity contribution in [3.05, 3.63) is 33.5 Å². The van der Waals surface area contributed by atoms with Gasteiger partial charge in [0.15, 0.2) is 0 Å². The van der Waals surface area contributed by atoms with Gasteiger partial charge in [-0.15, -0.1) is 22.7 Å². The summed E-state index contributed by atoms with van der Waals surface area (Å²) in [5.74, 6) is -1.10. The van der Waals surface area contributed by atoms with Crippen LogP contribution in [0.15, 0.2) is 22.4 Å². The van der Waals surface area contributed by atoms with Crippen molar-refractivity contribution in [1.29, 1.82) is 5.26 Å². The summed E-state index contributed by atoms with van der Waals surface area (Å²) in [5.41, 5.74) is 0.490. The minimum Gasteiger partial charge on any atom is -0.477 e. The molecule has 0 aliphatic carbocycles. The van der Waals surface area contributed by atoms with Crippen molar-refractivity contribution in [3.8, 4) is 6.07 Å². The van der Waals surface area contributed by atoms with Crippen molar-refractivity contribution in [3.63, 3.8) is 0 Å². The average Bonchev–Trinajstić information content (AvgIpc) is 2.95. The van der Waals surface area contributed by atoms with E-state index < -0.39 is 16.0 Å². The maximum absolute atomic E-state index is 12.1. The highest BCUT2D eigenvalue weighted by atomic mass is 32.2. The van der Waals surface area contributed by atoms with Crippen LogP contribution in [0.5, 0.6) is 0 Å². The molecule has 0 spiro atoms. The predicted octanol–water partition coefficient (Wildman–Crippen LogP) is 2.49. The molecule has 0 unspecified atom stereocenters. The van der Waals surface area contributed by atoms with Crippen LogP contribution in [0.3, 0.4) is 0 Å². The Kier molecular flexibility index (Phi) is 3.80. The molecule has 20 heavy (non-hydrogen) atoms. The molecule has 0 saturated carbocycles. The molecule has 104 valence electrons. The summed E-state index contributed by atoms with van der Waals surface area (Å²) >= 11 is 1.70. The summed E-state index contributed by atoms with van der Waals surface area (Å²) in [5, 5.41) is 17.8. The van der Waals surface area contributed by atoms with Gasteiger partial charge < -0.3 is 5.11 Å². The molecule has 0 bridgehead atoms. The molecule has 0 fully saturated rings. The lowest BCUT2D eigenvalue weighted by Gasteiger charge is -2.02. The molecule has 2 N–H and O–H groups in total. The topological polar surface area (TPSA) is 107 Å². The zero-order valence-electron chi connectivity index (χ0n) is 10.1. The van der Waals surface area contributed by atoms with E-state index in [0.29, 0.717) is 10.4 Å². The number of thiophene rings is 2. The van der Waals surface area contributed by atoms with E-state index >= 15 is 0 Å². The third-order valence-corrected chi connectivity index (χ3v) is 6.42. The number of nitrogens with zero attached hydrogens (tertiary/aromatic N) is 1. The Morgan fingerprint density at radius 3 is 2.60 bits per heavy atom. The largest absolute Gasteiger partial charge is 0.477 e. The number of sulfonamides is 1. The first kappa shape index (κ1) is 14.5. The zero-order valence-corrected chi connectivity index (χ0v) is 12.5. The first-order valence-electron chi connectivity index (χ1n) is 5.20. The lowest BCUT2D eigenvalue weighted by molar-refractivity contribution is 0.0701. The summed E-state index contributed by atoms with van der Waals surface area (Å²) in [7, 11) is -3.80. The van der Waals surface area contributed by atoms with Gasteiger partial charge in [-0.3, -0.25) is 4.72 Å². The summed E-state index contributed by atoms with van der Waals surface area (Å²) < 4.78 is 26.5. The first-order chi connectivity index (χ1) is 9.33. The Hall–Kier alpha value is -1.89. The third kappa shape index (κ3) is 2.82. The molecule has 0 aliphatic rings. The Morgan fingerprint density at radius 2 is 2.10 bits per heavy atom. The second-order valence-electron chi connectivity index (χ2n) is 3.76. The summed E-state index contributed by atoms with van der Waals surface area (Å²) in [6, 6.07) is 6.08. The molecule has 2 rings (SSSR count). The van der Waals surface area contributed by atoms with Gasteiger partial charge in [-0.05, 0) is 30.7 Å². The molecular formula is C11H8N2O4S3. The van der Waals surface area contributed by atoms with E-state index in [4.69, 9.17) is 10.4 Å². The number of aryl methyl sites for hydroxylation is 1. The molecule has 9 heteroatoms. The maximum atomic E-state index is 12.1. The normalized spacial score (nSPS) is 11.0. The lowest BCUT2D eigenvalue weighted by Crippen LogP contribution is -2.10. The quantitative estimate of drug-likeness (QED) is 0.896. The molecule has 0 aromatic carbocycles. The second kappa shape index (κ2) is 5.24. The Labute approximate surface area is 123 Å². The van der Waals surface area contributed by atoms with Crippen LogP contribution in [0.1, 0.15) is 20.1 Å². The average molecular weight is 328 g/mol.